The van der Waals surface area contributed by atoms with E-state index in [0.717, 1.165) is 42.7 Å². The number of hydrogen-bond acceptors (Lipinski definition) is 3. The van der Waals surface area contributed by atoms with Crippen LogP contribution in [-0.2, 0) is 4.79 Å². The Bertz CT molecular complexity index is 674. The highest BCUT2D eigenvalue weighted by Gasteiger charge is 2.37. The Balaban J connectivity index is 1.79. The van der Waals surface area contributed by atoms with Crippen LogP contribution in [0.5, 0.6) is 0 Å². The Morgan fingerprint density at radius 2 is 2.24 bits per heavy atom. The van der Waals surface area contributed by atoms with Gasteiger partial charge in [0.05, 0.1) is 17.3 Å². The van der Waals surface area contributed by atoms with Gasteiger partial charge in [-0.05, 0) is 38.8 Å². The lowest BCUT2D eigenvalue weighted by atomic mass is 9.74. The zero-order valence-corrected chi connectivity index (χ0v) is 12.6. The second kappa shape index (κ2) is 5.15. The van der Waals surface area contributed by atoms with Gasteiger partial charge in [-0.3, -0.25) is 4.79 Å². The third-order valence-electron chi connectivity index (χ3n) is 4.41. The standard InChI is InChI=1S/C16H22N4O/c1-11-9-20-10-12(6-7-14(20)18-11)19-15(21)13-5-3-4-8-16(13,2)17/h6-7,9-10,13H,3-5,8,17H2,1-2H3,(H,19,21). The summed E-state index contributed by atoms with van der Waals surface area (Å²) in [6, 6.07) is 3.79. The van der Waals surface area contributed by atoms with Crippen LogP contribution in [0.2, 0.25) is 0 Å². The number of nitrogens with one attached hydrogen (secondary N) is 1. The zero-order valence-electron chi connectivity index (χ0n) is 12.6. The predicted molar refractivity (Wildman–Crippen MR) is 83.1 cm³/mol. The van der Waals surface area contributed by atoms with Crippen molar-refractivity contribution in [1.29, 1.82) is 0 Å². The maximum absolute atomic E-state index is 12.5. The van der Waals surface area contributed by atoms with Crippen molar-refractivity contribution in [3.8, 4) is 0 Å². The van der Waals surface area contributed by atoms with Crippen LogP contribution in [0.1, 0.15) is 38.3 Å². The fourth-order valence-corrected chi connectivity index (χ4v) is 3.21. The van der Waals surface area contributed by atoms with Crippen molar-refractivity contribution in [2.75, 3.05) is 5.32 Å². The largest absolute Gasteiger partial charge is 0.325 e. The van der Waals surface area contributed by atoms with Crippen molar-refractivity contribution in [2.24, 2.45) is 11.7 Å². The van der Waals surface area contributed by atoms with Gasteiger partial charge >= 0.3 is 0 Å². The molecule has 2 heterocycles. The molecule has 0 radical (unpaired) electrons. The fourth-order valence-electron chi connectivity index (χ4n) is 3.21. The summed E-state index contributed by atoms with van der Waals surface area (Å²) in [5, 5.41) is 3.00. The van der Waals surface area contributed by atoms with Crippen LogP contribution in [0.3, 0.4) is 0 Å². The van der Waals surface area contributed by atoms with Gasteiger partial charge < -0.3 is 15.5 Å². The van der Waals surface area contributed by atoms with Crippen LogP contribution < -0.4 is 11.1 Å². The number of aromatic nitrogens is 2. The monoisotopic (exact) mass is 286 g/mol. The van der Waals surface area contributed by atoms with Crippen LogP contribution in [0.15, 0.2) is 24.5 Å². The van der Waals surface area contributed by atoms with Crippen LogP contribution in [0.25, 0.3) is 5.65 Å². The molecule has 1 fully saturated rings. The van der Waals surface area contributed by atoms with Gasteiger partial charge in [-0.1, -0.05) is 12.8 Å². The number of rotatable bonds is 2. The highest BCUT2D eigenvalue weighted by atomic mass is 16.2. The summed E-state index contributed by atoms with van der Waals surface area (Å²) < 4.78 is 1.92. The SMILES string of the molecule is Cc1cn2cc(NC(=O)C3CCCCC3(C)N)ccc2n1. The molecule has 3 N–H and O–H groups in total. The Labute approximate surface area is 124 Å². The summed E-state index contributed by atoms with van der Waals surface area (Å²) in [6.45, 7) is 3.94. The van der Waals surface area contributed by atoms with Crippen LogP contribution in [-0.4, -0.2) is 20.8 Å². The maximum atomic E-state index is 12.5. The maximum Gasteiger partial charge on any atom is 0.229 e. The molecule has 21 heavy (non-hydrogen) atoms. The highest BCUT2D eigenvalue weighted by molar-refractivity contribution is 5.93. The quantitative estimate of drug-likeness (QED) is 0.891. The zero-order chi connectivity index (χ0) is 15.0. The molecular formula is C16H22N4O. The normalized spacial score (nSPS) is 26.0. The van der Waals surface area contributed by atoms with Gasteiger partial charge in [0.15, 0.2) is 0 Å². The van der Waals surface area contributed by atoms with Gasteiger partial charge in [0.25, 0.3) is 0 Å². The number of anilines is 1. The molecule has 1 amide bonds. The van der Waals surface area contributed by atoms with E-state index in [4.69, 9.17) is 5.73 Å². The third kappa shape index (κ3) is 2.78. The van der Waals surface area contributed by atoms with Crippen molar-refractivity contribution in [1.82, 2.24) is 9.38 Å². The van der Waals surface area contributed by atoms with E-state index >= 15 is 0 Å². The number of carbonyl (C=O) groups excluding carboxylic acids is 1. The van der Waals surface area contributed by atoms with Crippen molar-refractivity contribution in [2.45, 2.75) is 45.1 Å². The van der Waals surface area contributed by atoms with Crippen molar-refractivity contribution in [3.05, 3.63) is 30.2 Å². The first-order chi connectivity index (χ1) is 9.95. The number of nitrogens with two attached hydrogens (primary N) is 1. The van der Waals surface area contributed by atoms with E-state index in [-0.39, 0.29) is 11.8 Å². The summed E-state index contributed by atoms with van der Waals surface area (Å²) >= 11 is 0. The van der Waals surface area contributed by atoms with Gasteiger partial charge in [0.2, 0.25) is 5.91 Å². The van der Waals surface area contributed by atoms with E-state index in [1.54, 1.807) is 0 Å². The molecule has 0 bridgehead atoms. The molecule has 2 unspecified atom stereocenters. The number of pyridine rings is 1. The molecule has 1 saturated carbocycles. The smallest absolute Gasteiger partial charge is 0.229 e. The third-order valence-corrected chi connectivity index (χ3v) is 4.41. The number of carbonyl (C=O) groups is 1. The molecule has 0 saturated heterocycles. The number of fused-ring (bicyclic) bond motifs is 1. The van der Waals surface area contributed by atoms with E-state index in [1.165, 1.54) is 0 Å². The van der Waals surface area contributed by atoms with Crippen LogP contribution in [0, 0.1) is 12.8 Å². The summed E-state index contributed by atoms with van der Waals surface area (Å²) in [4.78, 5) is 16.9. The van der Waals surface area contributed by atoms with Crippen molar-refractivity contribution >= 4 is 17.2 Å². The molecule has 5 heteroatoms. The topological polar surface area (TPSA) is 72.4 Å². The van der Waals surface area contributed by atoms with E-state index in [0.29, 0.717) is 0 Å². The minimum absolute atomic E-state index is 0.0240. The van der Waals surface area contributed by atoms with E-state index in [2.05, 4.69) is 10.3 Å². The first kappa shape index (κ1) is 14.1. The van der Waals surface area contributed by atoms with Crippen molar-refractivity contribution in [3.63, 3.8) is 0 Å². The molecule has 0 aliphatic heterocycles. The average Bonchev–Trinajstić information content (AvgIpc) is 2.77. The molecule has 1 aliphatic rings. The Morgan fingerprint density at radius 1 is 1.43 bits per heavy atom. The summed E-state index contributed by atoms with van der Waals surface area (Å²) in [7, 11) is 0. The molecule has 2 atom stereocenters. The van der Waals surface area contributed by atoms with Gasteiger partial charge in [-0.2, -0.15) is 0 Å². The molecule has 1 aliphatic carbocycles. The molecule has 0 spiro atoms. The second-order valence-electron chi connectivity index (χ2n) is 6.36. The van der Waals surface area contributed by atoms with Gasteiger partial charge in [-0.25, -0.2) is 4.98 Å². The number of aryl methyl sites for hydroxylation is 1. The lowest BCUT2D eigenvalue weighted by Gasteiger charge is -2.37. The molecule has 0 aromatic carbocycles. The van der Waals surface area contributed by atoms with Gasteiger partial charge in [0, 0.05) is 17.9 Å². The summed E-state index contributed by atoms with van der Waals surface area (Å²) in [6.07, 6.45) is 7.79. The lowest BCUT2D eigenvalue weighted by Crippen LogP contribution is -2.51. The molecule has 2 aromatic rings. The minimum Gasteiger partial charge on any atom is -0.325 e. The van der Waals surface area contributed by atoms with E-state index in [1.807, 2.05) is 42.8 Å². The van der Waals surface area contributed by atoms with Crippen LogP contribution >= 0.6 is 0 Å². The minimum atomic E-state index is -0.405. The predicted octanol–water partition coefficient (Wildman–Crippen LogP) is 2.49. The number of hydrogen-bond donors (Lipinski definition) is 2. The molecule has 3 rings (SSSR count). The van der Waals surface area contributed by atoms with Gasteiger partial charge in [-0.15, -0.1) is 0 Å². The van der Waals surface area contributed by atoms with E-state index < -0.39 is 5.54 Å². The summed E-state index contributed by atoms with van der Waals surface area (Å²) in [5.41, 5.74) is 8.51. The molecule has 112 valence electrons. The number of imidazole rings is 1. The van der Waals surface area contributed by atoms with Crippen LogP contribution in [0.4, 0.5) is 5.69 Å². The van der Waals surface area contributed by atoms with E-state index in [9.17, 15) is 4.79 Å². The molecule has 2 aromatic heterocycles. The summed E-state index contributed by atoms with van der Waals surface area (Å²) in [5.74, 6) is -0.0950. The highest BCUT2D eigenvalue weighted by Crippen LogP contribution is 2.32. The first-order valence-corrected chi connectivity index (χ1v) is 7.51. The fraction of sp³-hybridized carbons (Fsp3) is 0.500. The Morgan fingerprint density at radius 3 is 3.00 bits per heavy atom. The first-order valence-electron chi connectivity index (χ1n) is 7.51. The van der Waals surface area contributed by atoms with Gasteiger partial charge in [0.1, 0.15) is 5.65 Å². The molecule has 5 nitrogen and oxygen atoms in total. The second-order valence-corrected chi connectivity index (χ2v) is 6.36. The number of amides is 1. The Hall–Kier alpha value is -1.88. The molecular weight excluding hydrogens is 264 g/mol. The lowest BCUT2D eigenvalue weighted by molar-refractivity contribution is -0.122. The average molecular weight is 286 g/mol. The van der Waals surface area contributed by atoms with Crippen molar-refractivity contribution < 1.29 is 4.79 Å². The number of nitrogens with zero attached hydrogens (tertiary/aromatic N) is 2. The Kier molecular flexibility index (Phi) is 3.45.